The summed E-state index contributed by atoms with van der Waals surface area (Å²) in [6.07, 6.45) is 6.44. The zero-order valence-electron chi connectivity index (χ0n) is 20.0. The highest BCUT2D eigenvalue weighted by Gasteiger charge is 2.21. The van der Waals surface area contributed by atoms with E-state index in [1.54, 1.807) is 13.1 Å². The Morgan fingerprint density at radius 3 is 2.45 bits per heavy atom. The molecular weight excluding hydrogens is 420 g/mol. The van der Waals surface area contributed by atoms with Crippen LogP contribution in [0.4, 0.5) is 10.6 Å². The number of carbonyl (C=O) groups excluding carboxylic acids is 2. The van der Waals surface area contributed by atoms with Crippen molar-refractivity contribution in [1.82, 2.24) is 4.98 Å². The van der Waals surface area contributed by atoms with Gasteiger partial charge in [0.2, 0.25) is 0 Å². The fraction of sp³-hybridized carbons (Fsp3) is 0.423. The number of nitrogens with zero attached hydrogens (tertiary/aromatic N) is 2. The number of benzene rings is 1. The lowest BCUT2D eigenvalue weighted by Crippen LogP contribution is -2.34. The molecule has 1 aromatic heterocycles. The van der Waals surface area contributed by atoms with Gasteiger partial charge in [-0.15, -0.1) is 12.3 Å². The first-order chi connectivity index (χ1) is 15.6. The number of rotatable bonds is 9. The molecule has 176 valence electrons. The van der Waals surface area contributed by atoms with Gasteiger partial charge in [0.1, 0.15) is 17.2 Å². The second-order valence-corrected chi connectivity index (χ2v) is 8.62. The summed E-state index contributed by atoms with van der Waals surface area (Å²) in [5.41, 5.74) is 1.25. The highest BCUT2D eigenvalue weighted by molar-refractivity contribution is 5.85. The van der Waals surface area contributed by atoms with Crippen LogP contribution in [0.25, 0.3) is 0 Å². The van der Waals surface area contributed by atoms with Gasteiger partial charge in [0.25, 0.3) is 0 Å². The van der Waals surface area contributed by atoms with Crippen molar-refractivity contribution < 1.29 is 23.8 Å². The smallest absolute Gasteiger partial charge is 0.415 e. The molecule has 0 aliphatic carbocycles. The molecule has 0 saturated carbocycles. The Bertz CT molecular complexity index is 973. The van der Waals surface area contributed by atoms with Crippen molar-refractivity contribution in [1.29, 1.82) is 0 Å². The van der Waals surface area contributed by atoms with Crippen molar-refractivity contribution >= 4 is 17.9 Å². The second kappa shape index (κ2) is 11.9. The Morgan fingerprint density at radius 1 is 1.15 bits per heavy atom. The molecule has 0 aliphatic rings. The average molecular weight is 453 g/mol. The number of hydrogen-bond acceptors (Lipinski definition) is 6. The van der Waals surface area contributed by atoms with Gasteiger partial charge in [-0.25, -0.2) is 9.78 Å². The highest BCUT2D eigenvalue weighted by atomic mass is 16.6. The third-order valence-electron chi connectivity index (χ3n) is 4.71. The molecule has 2 aromatic rings. The Hall–Kier alpha value is -3.53. The second-order valence-electron chi connectivity index (χ2n) is 8.62. The predicted octanol–water partition coefficient (Wildman–Crippen LogP) is 4.43. The number of ether oxygens (including phenoxy) is 3. The summed E-state index contributed by atoms with van der Waals surface area (Å²) in [5.74, 6) is 3.37. The van der Waals surface area contributed by atoms with Crippen molar-refractivity contribution in [2.24, 2.45) is 5.92 Å². The van der Waals surface area contributed by atoms with Crippen molar-refractivity contribution in [2.45, 2.75) is 45.6 Å². The summed E-state index contributed by atoms with van der Waals surface area (Å²) in [4.78, 5) is 29.6. The SMILES string of the molecule is C#CC(CC(=O)OC)Cc1ccc(OCCc2cccc(N(C)C(=O)OC(C)(C)C)n2)cc1. The summed E-state index contributed by atoms with van der Waals surface area (Å²) in [5, 5.41) is 0. The fourth-order valence-corrected chi connectivity index (χ4v) is 2.97. The topological polar surface area (TPSA) is 78.0 Å². The molecule has 7 nitrogen and oxygen atoms in total. The molecule has 0 radical (unpaired) electrons. The minimum absolute atomic E-state index is 0.195. The van der Waals surface area contributed by atoms with E-state index in [1.807, 2.05) is 57.2 Å². The number of amides is 1. The maximum absolute atomic E-state index is 12.3. The summed E-state index contributed by atoms with van der Waals surface area (Å²) in [7, 11) is 2.99. The molecule has 33 heavy (non-hydrogen) atoms. The standard InChI is InChI=1S/C26H32N2O5/c1-7-19(18-24(29)31-6)17-20-11-13-22(14-12-20)32-16-15-21-9-8-10-23(27-21)28(5)25(30)33-26(2,3)4/h1,8-14,19H,15-18H2,2-6H3. The molecule has 0 bridgehead atoms. The van der Waals surface area contributed by atoms with Crippen LogP contribution in [-0.4, -0.2) is 43.4 Å². The highest BCUT2D eigenvalue weighted by Crippen LogP contribution is 2.18. The molecule has 0 saturated heterocycles. The Kier molecular flexibility index (Phi) is 9.29. The number of esters is 1. The lowest BCUT2D eigenvalue weighted by atomic mass is 9.97. The Balaban J connectivity index is 1.88. The van der Waals surface area contributed by atoms with E-state index in [-0.39, 0.29) is 18.3 Å². The van der Waals surface area contributed by atoms with Gasteiger partial charge in [-0.1, -0.05) is 18.2 Å². The number of methoxy groups -OCH3 is 1. The van der Waals surface area contributed by atoms with Gasteiger partial charge >= 0.3 is 12.1 Å². The Labute approximate surface area is 196 Å². The number of terminal acetylenes is 1. The lowest BCUT2D eigenvalue weighted by Gasteiger charge is -2.24. The average Bonchev–Trinajstić information content (AvgIpc) is 2.78. The monoisotopic (exact) mass is 452 g/mol. The van der Waals surface area contributed by atoms with Gasteiger partial charge in [-0.05, 0) is 57.0 Å². The zero-order valence-corrected chi connectivity index (χ0v) is 20.0. The zero-order chi connectivity index (χ0) is 24.4. The van der Waals surface area contributed by atoms with E-state index >= 15 is 0 Å². The van der Waals surface area contributed by atoms with Crippen LogP contribution in [0.1, 0.15) is 38.4 Å². The summed E-state index contributed by atoms with van der Waals surface area (Å²) >= 11 is 0. The van der Waals surface area contributed by atoms with Crippen LogP contribution >= 0.6 is 0 Å². The van der Waals surface area contributed by atoms with Crippen molar-refractivity contribution in [3.05, 3.63) is 53.7 Å². The molecule has 1 heterocycles. The van der Waals surface area contributed by atoms with Gasteiger partial charge in [0.15, 0.2) is 0 Å². The van der Waals surface area contributed by atoms with E-state index in [0.717, 1.165) is 17.0 Å². The lowest BCUT2D eigenvalue weighted by molar-refractivity contribution is -0.141. The van der Waals surface area contributed by atoms with Gasteiger partial charge < -0.3 is 14.2 Å². The van der Waals surface area contributed by atoms with Gasteiger partial charge in [-0.3, -0.25) is 9.69 Å². The molecule has 1 amide bonds. The largest absolute Gasteiger partial charge is 0.493 e. The van der Waals surface area contributed by atoms with E-state index in [2.05, 4.69) is 15.6 Å². The molecule has 1 aromatic carbocycles. The Morgan fingerprint density at radius 2 is 1.85 bits per heavy atom. The van der Waals surface area contributed by atoms with E-state index in [1.165, 1.54) is 12.0 Å². The van der Waals surface area contributed by atoms with Gasteiger partial charge in [0, 0.05) is 25.1 Å². The summed E-state index contributed by atoms with van der Waals surface area (Å²) in [6.45, 7) is 5.90. The van der Waals surface area contributed by atoms with Gasteiger partial charge in [-0.2, -0.15) is 0 Å². The van der Waals surface area contributed by atoms with E-state index in [4.69, 9.17) is 15.9 Å². The van der Waals surface area contributed by atoms with Crippen molar-refractivity contribution in [2.75, 3.05) is 25.7 Å². The first-order valence-corrected chi connectivity index (χ1v) is 10.8. The third-order valence-corrected chi connectivity index (χ3v) is 4.71. The van der Waals surface area contributed by atoms with Crippen LogP contribution in [0.3, 0.4) is 0 Å². The molecule has 7 heteroatoms. The quantitative estimate of drug-likeness (QED) is 0.414. The minimum Gasteiger partial charge on any atom is -0.493 e. The summed E-state index contributed by atoms with van der Waals surface area (Å²) in [6, 6.07) is 13.1. The normalized spacial score (nSPS) is 11.8. The molecule has 0 N–H and O–H groups in total. The van der Waals surface area contributed by atoms with Crippen LogP contribution in [0.2, 0.25) is 0 Å². The number of pyridine rings is 1. The van der Waals surface area contributed by atoms with E-state index in [0.29, 0.717) is 25.3 Å². The van der Waals surface area contributed by atoms with Crippen LogP contribution in [0.5, 0.6) is 5.75 Å². The van der Waals surface area contributed by atoms with Gasteiger partial charge in [0.05, 0.1) is 20.1 Å². The number of hydrogen-bond donors (Lipinski definition) is 0. The molecular formula is C26H32N2O5. The molecule has 0 fully saturated rings. The first-order valence-electron chi connectivity index (χ1n) is 10.8. The molecule has 1 unspecified atom stereocenters. The molecule has 2 rings (SSSR count). The van der Waals surface area contributed by atoms with Crippen molar-refractivity contribution in [3.8, 4) is 18.1 Å². The van der Waals surface area contributed by atoms with Crippen LogP contribution in [-0.2, 0) is 27.1 Å². The van der Waals surface area contributed by atoms with E-state index < -0.39 is 11.7 Å². The maximum Gasteiger partial charge on any atom is 0.415 e. The molecule has 1 atom stereocenters. The minimum atomic E-state index is -0.574. The number of carbonyl (C=O) groups is 2. The van der Waals surface area contributed by atoms with Crippen LogP contribution in [0.15, 0.2) is 42.5 Å². The summed E-state index contributed by atoms with van der Waals surface area (Å²) < 4.78 is 15.9. The number of anilines is 1. The maximum atomic E-state index is 12.3. The molecule has 0 aliphatic heterocycles. The van der Waals surface area contributed by atoms with Crippen LogP contribution in [0, 0.1) is 18.3 Å². The fourth-order valence-electron chi connectivity index (χ4n) is 2.97. The first kappa shape index (κ1) is 25.7. The predicted molar refractivity (Wildman–Crippen MR) is 127 cm³/mol. The van der Waals surface area contributed by atoms with Crippen molar-refractivity contribution in [3.63, 3.8) is 0 Å². The van der Waals surface area contributed by atoms with Crippen LogP contribution < -0.4 is 9.64 Å². The van der Waals surface area contributed by atoms with E-state index in [9.17, 15) is 9.59 Å². The third kappa shape index (κ3) is 8.85. The number of aromatic nitrogens is 1. The molecule has 0 spiro atoms.